The largest absolute Gasteiger partial charge is 0.388 e. The van der Waals surface area contributed by atoms with Crippen LogP contribution >= 0.6 is 43.2 Å². The molecular weight excluding hydrogens is 316 g/mol. The SMILES string of the molecule is CC1CC1C(O)c1cc(Br)sc1Br. The van der Waals surface area contributed by atoms with Gasteiger partial charge in [0.2, 0.25) is 0 Å². The molecule has 0 spiro atoms. The van der Waals surface area contributed by atoms with Gasteiger partial charge in [-0.2, -0.15) is 0 Å². The highest BCUT2D eigenvalue weighted by Gasteiger charge is 2.40. The fraction of sp³-hybridized carbons (Fsp3) is 0.556. The minimum Gasteiger partial charge on any atom is -0.388 e. The molecule has 0 aromatic carbocycles. The van der Waals surface area contributed by atoms with Gasteiger partial charge in [0.15, 0.2) is 0 Å². The standard InChI is InChI=1S/C9H10Br2OS/c1-4-2-5(4)8(12)6-3-7(10)13-9(6)11/h3-5,8,12H,2H2,1H3. The molecule has 2 rings (SSSR count). The van der Waals surface area contributed by atoms with Gasteiger partial charge in [-0.25, -0.2) is 0 Å². The molecule has 1 aromatic rings. The topological polar surface area (TPSA) is 20.2 Å². The van der Waals surface area contributed by atoms with Crippen LogP contribution in [0.25, 0.3) is 0 Å². The normalized spacial score (nSPS) is 28.9. The molecule has 1 nitrogen and oxygen atoms in total. The van der Waals surface area contributed by atoms with Gasteiger partial charge in [-0.1, -0.05) is 6.92 Å². The van der Waals surface area contributed by atoms with Crippen LogP contribution in [0.3, 0.4) is 0 Å². The van der Waals surface area contributed by atoms with E-state index in [-0.39, 0.29) is 6.10 Å². The lowest BCUT2D eigenvalue weighted by Crippen LogP contribution is -1.99. The predicted octanol–water partition coefficient (Wildman–Crippen LogP) is 3.96. The first-order valence-corrected chi connectivity index (χ1v) is 6.62. The maximum atomic E-state index is 9.98. The fourth-order valence-electron chi connectivity index (χ4n) is 1.58. The lowest BCUT2D eigenvalue weighted by molar-refractivity contribution is 0.148. The summed E-state index contributed by atoms with van der Waals surface area (Å²) in [6.45, 7) is 2.18. The third kappa shape index (κ3) is 2.01. The van der Waals surface area contributed by atoms with Crippen molar-refractivity contribution in [1.29, 1.82) is 0 Å². The third-order valence-electron chi connectivity index (χ3n) is 2.58. The molecule has 72 valence electrons. The minimum absolute atomic E-state index is 0.285. The molecule has 1 aromatic heterocycles. The molecule has 0 saturated heterocycles. The third-order valence-corrected chi connectivity index (χ3v) is 4.96. The number of aliphatic hydroxyl groups excluding tert-OH is 1. The molecule has 0 amide bonds. The van der Waals surface area contributed by atoms with Gasteiger partial charge in [0.05, 0.1) is 13.7 Å². The maximum absolute atomic E-state index is 9.98. The summed E-state index contributed by atoms with van der Waals surface area (Å²) in [4.78, 5) is 0. The summed E-state index contributed by atoms with van der Waals surface area (Å²) < 4.78 is 2.12. The van der Waals surface area contributed by atoms with Crippen molar-refractivity contribution in [3.8, 4) is 0 Å². The predicted molar refractivity (Wildman–Crippen MR) is 61.9 cm³/mol. The molecule has 4 heteroatoms. The van der Waals surface area contributed by atoms with E-state index in [1.807, 2.05) is 6.07 Å². The number of hydrogen-bond acceptors (Lipinski definition) is 2. The van der Waals surface area contributed by atoms with Crippen LogP contribution in [0.15, 0.2) is 13.6 Å². The Kier molecular flexibility index (Phi) is 2.85. The maximum Gasteiger partial charge on any atom is 0.0840 e. The highest BCUT2D eigenvalue weighted by molar-refractivity contribution is 9.12. The van der Waals surface area contributed by atoms with Gasteiger partial charge in [-0.05, 0) is 56.2 Å². The van der Waals surface area contributed by atoms with Crippen molar-refractivity contribution >= 4 is 43.2 Å². The summed E-state index contributed by atoms with van der Waals surface area (Å²) in [6, 6.07) is 2.00. The van der Waals surface area contributed by atoms with Crippen LogP contribution in [0.2, 0.25) is 0 Å². The Morgan fingerprint density at radius 1 is 1.62 bits per heavy atom. The molecule has 1 fully saturated rings. The lowest BCUT2D eigenvalue weighted by Gasteiger charge is -2.07. The minimum atomic E-state index is -0.285. The van der Waals surface area contributed by atoms with Crippen molar-refractivity contribution in [1.82, 2.24) is 0 Å². The van der Waals surface area contributed by atoms with Gasteiger partial charge in [0, 0.05) is 5.56 Å². The van der Waals surface area contributed by atoms with Crippen molar-refractivity contribution in [2.75, 3.05) is 0 Å². The summed E-state index contributed by atoms with van der Waals surface area (Å²) >= 11 is 8.49. The van der Waals surface area contributed by atoms with Crippen molar-refractivity contribution in [3.05, 3.63) is 19.2 Å². The molecule has 0 bridgehead atoms. The average Bonchev–Trinajstić information content (AvgIpc) is 2.67. The van der Waals surface area contributed by atoms with E-state index < -0.39 is 0 Å². The summed E-state index contributed by atoms with van der Waals surface area (Å²) in [6.07, 6.45) is 0.869. The quantitative estimate of drug-likeness (QED) is 0.872. The molecule has 1 aliphatic carbocycles. The molecule has 3 atom stereocenters. The van der Waals surface area contributed by atoms with Gasteiger partial charge in [0.25, 0.3) is 0 Å². The number of halogens is 2. The van der Waals surface area contributed by atoms with E-state index in [1.54, 1.807) is 11.3 Å². The Bertz CT molecular complexity index is 323. The van der Waals surface area contributed by atoms with Crippen molar-refractivity contribution in [3.63, 3.8) is 0 Å². The zero-order valence-corrected chi connectivity index (χ0v) is 11.1. The number of hydrogen-bond donors (Lipinski definition) is 1. The van der Waals surface area contributed by atoms with Gasteiger partial charge >= 0.3 is 0 Å². The van der Waals surface area contributed by atoms with Crippen LogP contribution in [0.1, 0.15) is 25.0 Å². The second kappa shape index (κ2) is 3.65. The van der Waals surface area contributed by atoms with Gasteiger partial charge in [-0.3, -0.25) is 0 Å². The molecule has 13 heavy (non-hydrogen) atoms. The average molecular weight is 326 g/mol. The first kappa shape index (κ1) is 10.1. The zero-order chi connectivity index (χ0) is 9.59. The molecule has 3 unspecified atom stereocenters. The number of aliphatic hydroxyl groups is 1. The van der Waals surface area contributed by atoms with Crippen LogP contribution in [0.4, 0.5) is 0 Å². The Labute approximate surface area is 98.4 Å². The monoisotopic (exact) mass is 324 g/mol. The molecule has 0 aliphatic heterocycles. The van der Waals surface area contributed by atoms with Crippen molar-refractivity contribution in [2.45, 2.75) is 19.4 Å². The Morgan fingerprint density at radius 2 is 2.23 bits per heavy atom. The van der Waals surface area contributed by atoms with Crippen LogP contribution in [-0.4, -0.2) is 5.11 Å². The van der Waals surface area contributed by atoms with E-state index >= 15 is 0 Å². The molecule has 0 radical (unpaired) electrons. The summed E-state index contributed by atoms with van der Waals surface area (Å²) in [5.41, 5.74) is 1.03. The van der Waals surface area contributed by atoms with Crippen LogP contribution in [-0.2, 0) is 0 Å². The smallest absolute Gasteiger partial charge is 0.0840 e. The molecule has 1 aliphatic rings. The molecular formula is C9H10Br2OS. The molecule has 1 N–H and O–H groups in total. The Morgan fingerprint density at radius 3 is 2.62 bits per heavy atom. The first-order valence-electron chi connectivity index (χ1n) is 4.22. The second-order valence-corrected chi connectivity index (χ2v) is 7.35. The summed E-state index contributed by atoms with van der Waals surface area (Å²) in [5, 5.41) is 9.98. The van der Waals surface area contributed by atoms with Crippen LogP contribution in [0, 0.1) is 11.8 Å². The molecule has 1 heterocycles. The second-order valence-electron chi connectivity index (χ2n) is 3.60. The van der Waals surface area contributed by atoms with E-state index in [2.05, 4.69) is 38.8 Å². The number of rotatable bonds is 2. The van der Waals surface area contributed by atoms with Crippen molar-refractivity contribution < 1.29 is 5.11 Å². The van der Waals surface area contributed by atoms with E-state index in [1.165, 1.54) is 0 Å². The summed E-state index contributed by atoms with van der Waals surface area (Å²) in [5.74, 6) is 1.15. The van der Waals surface area contributed by atoms with Gasteiger partial charge < -0.3 is 5.11 Å². The van der Waals surface area contributed by atoms with E-state index in [0.29, 0.717) is 11.8 Å². The van der Waals surface area contributed by atoms with Crippen molar-refractivity contribution in [2.24, 2.45) is 11.8 Å². The van der Waals surface area contributed by atoms with E-state index in [0.717, 1.165) is 19.6 Å². The first-order chi connectivity index (χ1) is 6.09. The van der Waals surface area contributed by atoms with Gasteiger partial charge in [-0.15, -0.1) is 11.3 Å². The Hall–Kier alpha value is 0.620. The Balaban J connectivity index is 2.19. The van der Waals surface area contributed by atoms with Gasteiger partial charge in [0.1, 0.15) is 0 Å². The lowest BCUT2D eigenvalue weighted by atomic mass is 10.1. The van der Waals surface area contributed by atoms with E-state index in [9.17, 15) is 5.11 Å². The summed E-state index contributed by atoms with van der Waals surface area (Å²) in [7, 11) is 0. The van der Waals surface area contributed by atoms with Crippen LogP contribution in [0.5, 0.6) is 0 Å². The zero-order valence-electron chi connectivity index (χ0n) is 7.13. The highest BCUT2D eigenvalue weighted by atomic mass is 79.9. The molecule has 1 saturated carbocycles. The highest BCUT2D eigenvalue weighted by Crippen LogP contribution is 2.49. The fourth-order valence-corrected chi connectivity index (χ4v) is 4.49. The number of thiophene rings is 1. The van der Waals surface area contributed by atoms with Crippen LogP contribution < -0.4 is 0 Å². The van der Waals surface area contributed by atoms with E-state index in [4.69, 9.17) is 0 Å².